The van der Waals surface area contributed by atoms with Crippen LogP contribution in [-0.2, 0) is 0 Å². The third kappa shape index (κ3) is 1.17. The fraction of sp³-hybridized carbons (Fsp3) is 0.200. The van der Waals surface area contributed by atoms with E-state index in [2.05, 4.69) is 17.4 Å². The molecule has 0 aliphatic carbocycles. The third-order valence-corrected chi connectivity index (χ3v) is 2.36. The molecule has 1 aromatic carbocycles. The average molecular weight is 175 g/mol. The first kappa shape index (κ1) is 8.13. The SMILES string of the molecule is N/C=C1\NC(CN)c2ccccc21. The van der Waals surface area contributed by atoms with E-state index in [1.165, 1.54) is 11.1 Å². The van der Waals surface area contributed by atoms with Gasteiger partial charge in [-0.15, -0.1) is 0 Å². The van der Waals surface area contributed by atoms with Gasteiger partial charge in [0.1, 0.15) is 0 Å². The summed E-state index contributed by atoms with van der Waals surface area (Å²) in [5.74, 6) is 0. The molecule has 1 atom stereocenters. The highest BCUT2D eigenvalue weighted by Gasteiger charge is 2.23. The molecule has 13 heavy (non-hydrogen) atoms. The van der Waals surface area contributed by atoms with Crippen molar-refractivity contribution in [1.82, 2.24) is 5.32 Å². The highest BCUT2D eigenvalue weighted by molar-refractivity contribution is 5.71. The van der Waals surface area contributed by atoms with Gasteiger partial charge in [0.25, 0.3) is 0 Å². The Balaban J connectivity index is 2.50. The molecule has 3 heteroatoms. The predicted octanol–water partition coefficient (Wildman–Crippen LogP) is 0.547. The zero-order chi connectivity index (χ0) is 9.26. The number of nitrogens with one attached hydrogen (secondary N) is 1. The van der Waals surface area contributed by atoms with Crippen LogP contribution >= 0.6 is 0 Å². The summed E-state index contributed by atoms with van der Waals surface area (Å²) < 4.78 is 0. The Morgan fingerprint density at radius 1 is 1.38 bits per heavy atom. The molecule has 0 aromatic heterocycles. The van der Waals surface area contributed by atoms with Gasteiger partial charge >= 0.3 is 0 Å². The van der Waals surface area contributed by atoms with Crippen molar-refractivity contribution in [2.24, 2.45) is 11.5 Å². The maximum absolute atomic E-state index is 5.64. The van der Waals surface area contributed by atoms with Crippen LogP contribution in [-0.4, -0.2) is 6.54 Å². The highest BCUT2D eigenvalue weighted by atomic mass is 15.0. The summed E-state index contributed by atoms with van der Waals surface area (Å²) in [6.45, 7) is 0.592. The van der Waals surface area contributed by atoms with Crippen molar-refractivity contribution in [2.75, 3.05) is 6.54 Å². The topological polar surface area (TPSA) is 64.1 Å². The maximum atomic E-state index is 5.64. The molecular formula is C10H13N3. The Labute approximate surface area is 77.4 Å². The maximum Gasteiger partial charge on any atom is 0.0643 e. The fourth-order valence-electron chi connectivity index (χ4n) is 1.71. The highest BCUT2D eigenvalue weighted by Crippen LogP contribution is 2.30. The van der Waals surface area contributed by atoms with Crippen LogP contribution in [0.5, 0.6) is 0 Å². The Morgan fingerprint density at radius 3 is 2.85 bits per heavy atom. The molecule has 1 heterocycles. The number of rotatable bonds is 1. The van der Waals surface area contributed by atoms with E-state index in [1.54, 1.807) is 6.20 Å². The van der Waals surface area contributed by atoms with Crippen LogP contribution < -0.4 is 16.8 Å². The summed E-state index contributed by atoms with van der Waals surface area (Å²) in [7, 11) is 0. The van der Waals surface area contributed by atoms with Crippen molar-refractivity contribution in [2.45, 2.75) is 6.04 Å². The number of benzene rings is 1. The quantitative estimate of drug-likeness (QED) is 0.584. The Kier molecular flexibility index (Phi) is 1.94. The van der Waals surface area contributed by atoms with E-state index in [0.29, 0.717) is 6.54 Å². The van der Waals surface area contributed by atoms with E-state index in [-0.39, 0.29) is 6.04 Å². The molecule has 2 rings (SSSR count). The number of fused-ring (bicyclic) bond motifs is 1. The van der Waals surface area contributed by atoms with Crippen LogP contribution in [0.25, 0.3) is 5.70 Å². The van der Waals surface area contributed by atoms with Crippen molar-refractivity contribution in [3.63, 3.8) is 0 Å². The second kappa shape index (κ2) is 3.11. The first-order valence-corrected chi connectivity index (χ1v) is 4.34. The molecule has 3 nitrogen and oxygen atoms in total. The van der Waals surface area contributed by atoms with Crippen LogP contribution in [0.2, 0.25) is 0 Å². The summed E-state index contributed by atoms with van der Waals surface area (Å²) >= 11 is 0. The molecular weight excluding hydrogens is 162 g/mol. The third-order valence-electron chi connectivity index (χ3n) is 2.36. The minimum Gasteiger partial charge on any atom is -0.403 e. The van der Waals surface area contributed by atoms with Gasteiger partial charge in [-0.1, -0.05) is 24.3 Å². The van der Waals surface area contributed by atoms with E-state index >= 15 is 0 Å². The van der Waals surface area contributed by atoms with E-state index in [4.69, 9.17) is 11.5 Å². The zero-order valence-corrected chi connectivity index (χ0v) is 7.33. The van der Waals surface area contributed by atoms with Gasteiger partial charge in [0, 0.05) is 18.3 Å². The lowest BCUT2D eigenvalue weighted by atomic mass is 10.0. The summed E-state index contributed by atoms with van der Waals surface area (Å²) in [6.07, 6.45) is 1.59. The van der Waals surface area contributed by atoms with Gasteiger partial charge in [-0.3, -0.25) is 0 Å². The van der Waals surface area contributed by atoms with Crippen LogP contribution in [0.1, 0.15) is 17.2 Å². The predicted molar refractivity (Wildman–Crippen MR) is 53.5 cm³/mol. The van der Waals surface area contributed by atoms with Crippen molar-refractivity contribution in [3.8, 4) is 0 Å². The molecule has 0 radical (unpaired) electrons. The van der Waals surface area contributed by atoms with E-state index in [9.17, 15) is 0 Å². The lowest BCUT2D eigenvalue weighted by Gasteiger charge is -2.08. The second-order valence-corrected chi connectivity index (χ2v) is 3.10. The van der Waals surface area contributed by atoms with Gasteiger partial charge in [0.15, 0.2) is 0 Å². The molecule has 0 spiro atoms. The lowest BCUT2D eigenvalue weighted by Crippen LogP contribution is -2.21. The number of hydrogen-bond donors (Lipinski definition) is 3. The van der Waals surface area contributed by atoms with Crippen LogP contribution in [0.3, 0.4) is 0 Å². The first-order valence-electron chi connectivity index (χ1n) is 4.34. The summed E-state index contributed by atoms with van der Waals surface area (Å²) in [5.41, 5.74) is 14.5. The van der Waals surface area contributed by atoms with Crippen molar-refractivity contribution in [3.05, 3.63) is 41.6 Å². The second-order valence-electron chi connectivity index (χ2n) is 3.10. The summed E-state index contributed by atoms with van der Waals surface area (Å²) in [4.78, 5) is 0. The van der Waals surface area contributed by atoms with E-state index in [1.807, 2.05) is 12.1 Å². The normalized spacial score (nSPS) is 22.8. The molecule has 0 fully saturated rings. The largest absolute Gasteiger partial charge is 0.403 e. The number of nitrogens with two attached hydrogens (primary N) is 2. The molecule has 0 amide bonds. The summed E-state index contributed by atoms with van der Waals surface area (Å²) in [5, 5.41) is 3.27. The lowest BCUT2D eigenvalue weighted by molar-refractivity contribution is 0.673. The minimum absolute atomic E-state index is 0.214. The Morgan fingerprint density at radius 2 is 2.15 bits per heavy atom. The molecule has 1 aliphatic heterocycles. The van der Waals surface area contributed by atoms with Crippen LogP contribution in [0, 0.1) is 0 Å². The van der Waals surface area contributed by atoms with E-state index < -0.39 is 0 Å². The molecule has 1 unspecified atom stereocenters. The fourth-order valence-corrected chi connectivity index (χ4v) is 1.71. The van der Waals surface area contributed by atoms with Crippen LogP contribution in [0.15, 0.2) is 30.5 Å². The Hall–Kier alpha value is -1.48. The van der Waals surface area contributed by atoms with E-state index in [0.717, 1.165) is 5.70 Å². The molecule has 1 aliphatic rings. The monoisotopic (exact) mass is 175 g/mol. The molecule has 0 bridgehead atoms. The smallest absolute Gasteiger partial charge is 0.0643 e. The minimum atomic E-state index is 0.214. The van der Waals surface area contributed by atoms with Gasteiger partial charge in [-0.2, -0.15) is 0 Å². The first-order chi connectivity index (χ1) is 6.36. The summed E-state index contributed by atoms with van der Waals surface area (Å²) in [6, 6.07) is 8.37. The van der Waals surface area contributed by atoms with Gasteiger partial charge in [0.2, 0.25) is 0 Å². The average Bonchev–Trinajstić information content (AvgIpc) is 2.56. The number of hydrogen-bond acceptors (Lipinski definition) is 3. The molecule has 68 valence electrons. The molecule has 1 aromatic rings. The van der Waals surface area contributed by atoms with Gasteiger partial charge in [-0.05, 0) is 5.56 Å². The Bertz CT molecular complexity index is 344. The van der Waals surface area contributed by atoms with Gasteiger partial charge in [0.05, 0.1) is 11.7 Å². The van der Waals surface area contributed by atoms with Gasteiger partial charge in [-0.25, -0.2) is 0 Å². The van der Waals surface area contributed by atoms with Crippen LogP contribution in [0.4, 0.5) is 0 Å². The zero-order valence-electron chi connectivity index (χ0n) is 7.33. The van der Waals surface area contributed by atoms with Gasteiger partial charge < -0.3 is 16.8 Å². The van der Waals surface area contributed by atoms with Crippen molar-refractivity contribution >= 4 is 5.70 Å². The molecule has 0 saturated heterocycles. The van der Waals surface area contributed by atoms with Crippen molar-refractivity contribution < 1.29 is 0 Å². The van der Waals surface area contributed by atoms with Crippen molar-refractivity contribution in [1.29, 1.82) is 0 Å². The molecule has 0 saturated carbocycles. The standard InChI is InChI=1S/C10H13N3/c11-5-9-7-3-1-2-4-8(7)10(6-12)13-9/h1-5,10,13H,6,11-12H2/b9-5-. The molecule has 5 N–H and O–H groups in total.